The summed E-state index contributed by atoms with van der Waals surface area (Å²) in [6.07, 6.45) is 5.95. The number of hydrogen-bond acceptors (Lipinski definition) is 4. The van der Waals surface area contributed by atoms with Gasteiger partial charge in [0, 0.05) is 24.4 Å². The van der Waals surface area contributed by atoms with Crippen molar-refractivity contribution in [3.05, 3.63) is 101 Å². The van der Waals surface area contributed by atoms with Crippen molar-refractivity contribution < 1.29 is 14.3 Å². The number of hydrogen-bond donors (Lipinski definition) is 2. The lowest BCUT2D eigenvalue weighted by molar-refractivity contribution is -0.117. The summed E-state index contributed by atoms with van der Waals surface area (Å²) in [7, 11) is 1.54. The van der Waals surface area contributed by atoms with Crippen LogP contribution in [-0.2, 0) is 11.2 Å². The Hall–Kier alpha value is -3.93. The van der Waals surface area contributed by atoms with Gasteiger partial charge in [-0.25, -0.2) is 4.98 Å². The molecular formula is C26H27N3O3. The molecule has 2 aromatic carbocycles. The number of aryl methyl sites for hydroxylation is 1. The van der Waals surface area contributed by atoms with Crippen LogP contribution >= 0.6 is 0 Å². The maximum absolute atomic E-state index is 12.8. The van der Waals surface area contributed by atoms with Gasteiger partial charge >= 0.3 is 0 Å². The second-order valence-electron chi connectivity index (χ2n) is 7.21. The standard InChI is InChI=1S/C26H27N3O3/c1-32-24-16-15-21(19-28-24)18-23(29-25(30)22-13-6-3-7-14-22)26(31)27-17-9-8-12-20-10-4-2-5-11-20/h2-7,10-11,13-16,18-19H,8-9,12,17H2,1H3,(H,27,31)(H,29,30)/b23-18-. The Balaban J connectivity index is 1.63. The average molecular weight is 430 g/mol. The highest BCUT2D eigenvalue weighted by Gasteiger charge is 2.14. The third-order valence-electron chi connectivity index (χ3n) is 4.83. The van der Waals surface area contributed by atoms with Crippen molar-refractivity contribution in [2.75, 3.05) is 13.7 Å². The second-order valence-corrected chi connectivity index (χ2v) is 7.21. The van der Waals surface area contributed by atoms with E-state index in [2.05, 4.69) is 27.8 Å². The Morgan fingerprint density at radius 2 is 1.66 bits per heavy atom. The predicted octanol–water partition coefficient (Wildman–Crippen LogP) is 4.00. The van der Waals surface area contributed by atoms with Gasteiger partial charge < -0.3 is 15.4 Å². The van der Waals surface area contributed by atoms with Crippen LogP contribution in [0.25, 0.3) is 6.08 Å². The lowest BCUT2D eigenvalue weighted by Crippen LogP contribution is -2.35. The fraction of sp³-hybridized carbons (Fsp3) is 0.192. The number of nitrogens with one attached hydrogen (secondary N) is 2. The first kappa shape index (κ1) is 22.7. The first-order valence-electron chi connectivity index (χ1n) is 10.6. The lowest BCUT2D eigenvalue weighted by Gasteiger charge is -2.11. The predicted molar refractivity (Wildman–Crippen MR) is 125 cm³/mol. The maximum Gasteiger partial charge on any atom is 0.267 e. The zero-order chi connectivity index (χ0) is 22.6. The lowest BCUT2D eigenvalue weighted by atomic mass is 10.1. The Kier molecular flexibility index (Phi) is 8.57. The van der Waals surface area contributed by atoms with Crippen LogP contribution in [0.5, 0.6) is 5.88 Å². The van der Waals surface area contributed by atoms with Crippen LogP contribution in [0.3, 0.4) is 0 Å². The molecule has 3 aromatic rings. The van der Waals surface area contributed by atoms with Crippen LogP contribution in [0.15, 0.2) is 84.7 Å². The first-order chi connectivity index (χ1) is 15.7. The van der Waals surface area contributed by atoms with Crippen LogP contribution in [0.1, 0.15) is 34.3 Å². The summed E-state index contributed by atoms with van der Waals surface area (Å²) in [6, 6.07) is 22.5. The molecule has 2 N–H and O–H groups in total. The van der Waals surface area contributed by atoms with Gasteiger partial charge in [-0.2, -0.15) is 0 Å². The van der Waals surface area contributed by atoms with E-state index in [9.17, 15) is 9.59 Å². The number of carbonyl (C=O) groups excluding carboxylic acids is 2. The average Bonchev–Trinajstić information content (AvgIpc) is 2.85. The molecule has 0 aliphatic rings. The van der Waals surface area contributed by atoms with Crippen molar-refractivity contribution in [3.63, 3.8) is 0 Å². The molecule has 0 fully saturated rings. The van der Waals surface area contributed by atoms with Crippen molar-refractivity contribution in [3.8, 4) is 5.88 Å². The molecule has 0 aliphatic carbocycles. The molecule has 0 spiro atoms. The number of pyridine rings is 1. The number of rotatable bonds is 10. The number of amides is 2. The first-order valence-corrected chi connectivity index (χ1v) is 10.6. The molecule has 0 atom stereocenters. The van der Waals surface area contributed by atoms with Crippen molar-refractivity contribution >= 4 is 17.9 Å². The monoisotopic (exact) mass is 429 g/mol. The van der Waals surface area contributed by atoms with Crippen molar-refractivity contribution in [1.29, 1.82) is 0 Å². The van der Waals surface area contributed by atoms with Crippen molar-refractivity contribution in [1.82, 2.24) is 15.6 Å². The maximum atomic E-state index is 12.8. The van der Waals surface area contributed by atoms with Gasteiger partial charge in [0.05, 0.1) is 7.11 Å². The summed E-state index contributed by atoms with van der Waals surface area (Å²) in [5, 5.41) is 5.63. The molecule has 0 radical (unpaired) electrons. The van der Waals surface area contributed by atoms with Gasteiger partial charge in [0.25, 0.3) is 11.8 Å². The molecule has 0 bridgehead atoms. The fourth-order valence-corrected chi connectivity index (χ4v) is 3.10. The molecule has 0 unspecified atom stereocenters. The molecule has 32 heavy (non-hydrogen) atoms. The van der Waals surface area contributed by atoms with Gasteiger partial charge in [0.15, 0.2) is 0 Å². The van der Waals surface area contributed by atoms with Crippen LogP contribution in [-0.4, -0.2) is 30.5 Å². The van der Waals surface area contributed by atoms with Gasteiger partial charge in [-0.1, -0.05) is 48.5 Å². The van der Waals surface area contributed by atoms with E-state index in [1.54, 1.807) is 48.7 Å². The molecule has 0 saturated heterocycles. The highest BCUT2D eigenvalue weighted by atomic mass is 16.5. The number of carbonyl (C=O) groups is 2. The second kappa shape index (κ2) is 12.1. The molecule has 6 heteroatoms. The number of methoxy groups -OCH3 is 1. The van der Waals surface area contributed by atoms with Gasteiger partial charge in [0.2, 0.25) is 5.88 Å². The number of ether oxygens (including phenoxy) is 1. The van der Waals surface area contributed by atoms with Gasteiger partial charge in [-0.05, 0) is 54.7 Å². The zero-order valence-corrected chi connectivity index (χ0v) is 18.1. The van der Waals surface area contributed by atoms with Crippen molar-refractivity contribution in [2.24, 2.45) is 0 Å². The van der Waals surface area contributed by atoms with E-state index in [0.717, 1.165) is 19.3 Å². The summed E-state index contributed by atoms with van der Waals surface area (Å²) in [5.74, 6) is -0.220. The van der Waals surface area contributed by atoms with Gasteiger partial charge in [-0.15, -0.1) is 0 Å². The normalized spacial score (nSPS) is 11.0. The van der Waals surface area contributed by atoms with E-state index < -0.39 is 0 Å². The van der Waals surface area contributed by atoms with E-state index in [1.807, 2.05) is 24.3 Å². The largest absolute Gasteiger partial charge is 0.481 e. The zero-order valence-electron chi connectivity index (χ0n) is 18.1. The molecule has 164 valence electrons. The van der Waals surface area contributed by atoms with E-state index in [0.29, 0.717) is 23.6 Å². The third-order valence-corrected chi connectivity index (χ3v) is 4.83. The summed E-state index contributed by atoms with van der Waals surface area (Å²) >= 11 is 0. The van der Waals surface area contributed by atoms with E-state index >= 15 is 0 Å². The molecule has 1 aromatic heterocycles. The summed E-state index contributed by atoms with van der Waals surface area (Å²) in [6.45, 7) is 0.519. The molecular weight excluding hydrogens is 402 g/mol. The minimum atomic E-state index is -0.349. The van der Waals surface area contributed by atoms with Crippen LogP contribution < -0.4 is 15.4 Å². The van der Waals surface area contributed by atoms with Gasteiger partial charge in [0.1, 0.15) is 5.70 Å². The SMILES string of the molecule is COc1ccc(/C=C(\NC(=O)c2ccccc2)C(=O)NCCCCc2ccccc2)cn1. The molecule has 2 amide bonds. The van der Waals surface area contributed by atoms with Gasteiger partial charge in [-0.3, -0.25) is 9.59 Å². The summed E-state index contributed by atoms with van der Waals surface area (Å²) < 4.78 is 5.07. The van der Waals surface area contributed by atoms with Crippen molar-refractivity contribution in [2.45, 2.75) is 19.3 Å². The molecule has 3 rings (SSSR count). The molecule has 6 nitrogen and oxygen atoms in total. The third kappa shape index (κ3) is 7.09. The smallest absolute Gasteiger partial charge is 0.267 e. The highest BCUT2D eigenvalue weighted by Crippen LogP contribution is 2.11. The Bertz CT molecular complexity index is 1030. The molecule has 1 heterocycles. The fourth-order valence-electron chi connectivity index (χ4n) is 3.10. The van der Waals surface area contributed by atoms with Crippen LogP contribution in [0.4, 0.5) is 0 Å². The minimum absolute atomic E-state index is 0.161. The Morgan fingerprint density at radius 1 is 0.938 bits per heavy atom. The Morgan fingerprint density at radius 3 is 2.31 bits per heavy atom. The summed E-state index contributed by atoms with van der Waals surface area (Å²) in [4.78, 5) is 29.6. The number of aromatic nitrogens is 1. The van der Waals surface area contributed by atoms with Crippen LogP contribution in [0.2, 0.25) is 0 Å². The van der Waals surface area contributed by atoms with E-state index in [-0.39, 0.29) is 17.5 Å². The quantitative estimate of drug-likeness (QED) is 0.377. The number of unbranched alkanes of at least 4 members (excludes halogenated alkanes) is 1. The Labute approximate surface area is 188 Å². The number of benzene rings is 2. The topological polar surface area (TPSA) is 80.3 Å². The van der Waals surface area contributed by atoms with E-state index in [1.165, 1.54) is 12.7 Å². The minimum Gasteiger partial charge on any atom is -0.481 e. The highest BCUT2D eigenvalue weighted by molar-refractivity contribution is 6.05. The molecule has 0 saturated carbocycles. The molecule has 0 aliphatic heterocycles. The van der Waals surface area contributed by atoms with E-state index in [4.69, 9.17) is 4.74 Å². The summed E-state index contributed by atoms with van der Waals surface area (Å²) in [5.41, 5.74) is 2.59. The van der Waals surface area contributed by atoms with Crippen LogP contribution in [0, 0.1) is 0 Å². The number of nitrogens with zero attached hydrogens (tertiary/aromatic N) is 1.